The van der Waals surface area contributed by atoms with Gasteiger partial charge in [0.2, 0.25) is 0 Å². The third kappa shape index (κ3) is 4.88. The van der Waals surface area contributed by atoms with Crippen LogP contribution in [0.15, 0.2) is 0 Å². The highest BCUT2D eigenvalue weighted by molar-refractivity contribution is 5.73. The van der Waals surface area contributed by atoms with Crippen LogP contribution < -0.4 is 0 Å². The Hall–Kier alpha value is -1.34. The van der Waals surface area contributed by atoms with Crippen LogP contribution in [0.4, 0.5) is 0 Å². The Balaban J connectivity index is 0. The van der Waals surface area contributed by atoms with Crippen molar-refractivity contribution in [1.29, 1.82) is 0 Å². The zero-order chi connectivity index (χ0) is 20.3. The number of aliphatic hydroxyl groups is 5. The highest BCUT2D eigenvalue weighted by atomic mass is 16.6. The van der Waals surface area contributed by atoms with Crippen molar-refractivity contribution in [3.05, 3.63) is 0 Å². The highest BCUT2D eigenvalue weighted by Crippen LogP contribution is 2.26. The second kappa shape index (κ2) is 9.04. The number of aliphatic carboxylic acids is 2. The quantitative estimate of drug-likeness (QED) is 0.273. The molecule has 2 rings (SSSR count). The maximum absolute atomic E-state index is 10.6. The Kier molecular flexibility index (Phi) is 7.89. The molecule has 2 fully saturated rings. The lowest BCUT2D eigenvalue weighted by Gasteiger charge is -2.38. The maximum Gasteiger partial charge on any atom is 0.335 e. The van der Waals surface area contributed by atoms with Crippen LogP contribution in [0.2, 0.25) is 0 Å². The van der Waals surface area contributed by atoms with E-state index in [1.807, 2.05) is 0 Å². The molecule has 0 aromatic rings. The van der Waals surface area contributed by atoms with Gasteiger partial charge in [0.25, 0.3) is 0 Å². The number of carboxylic acids is 2. The Labute approximate surface area is 152 Å². The molecule has 156 valence electrons. The molecule has 7 N–H and O–H groups in total. The highest BCUT2D eigenvalue weighted by Gasteiger charge is 2.45. The van der Waals surface area contributed by atoms with E-state index >= 15 is 0 Å². The van der Waals surface area contributed by atoms with Gasteiger partial charge in [0.05, 0.1) is 18.3 Å². The normalized spacial score (nSPS) is 46.0. The van der Waals surface area contributed by atoms with Gasteiger partial charge < -0.3 is 45.2 Å². The Bertz CT molecular complexity index is 464. The third-order valence-electron chi connectivity index (χ3n) is 4.72. The van der Waals surface area contributed by atoms with E-state index in [0.29, 0.717) is 0 Å². The fourth-order valence-corrected chi connectivity index (χ4v) is 2.63. The lowest BCUT2D eigenvalue weighted by molar-refractivity contribution is -0.260. The Morgan fingerprint density at radius 3 is 1.50 bits per heavy atom. The molecule has 0 aromatic heterocycles. The summed E-state index contributed by atoms with van der Waals surface area (Å²) in [6.45, 7) is 4.84. The summed E-state index contributed by atoms with van der Waals surface area (Å²) in [6.07, 6.45) is -9.78. The molecule has 11 nitrogen and oxygen atoms in total. The maximum atomic E-state index is 10.6. The zero-order valence-corrected chi connectivity index (χ0v) is 14.5. The molecule has 0 spiro atoms. The van der Waals surface area contributed by atoms with E-state index in [-0.39, 0.29) is 14.9 Å². The molecule has 2 saturated heterocycles. The van der Waals surface area contributed by atoms with Gasteiger partial charge in [-0.1, -0.05) is 13.8 Å². The molecule has 0 aromatic carbocycles. The van der Waals surface area contributed by atoms with Gasteiger partial charge in [0, 0.05) is 14.7 Å². The standard InChI is InChI=1S/C8H14O5.C7H12O6.2H2/c1-3-4(2)13-7(8(11)12)6(10)5(3)9;1-2-3(8)4(9)5(6(10)11)13-7(2)12;;/h3-7,9-10H,1-2H3,(H,11,12);2-5,7-9,12H,1H3,(H,10,11);2*1H. The van der Waals surface area contributed by atoms with Crippen molar-refractivity contribution in [1.82, 2.24) is 0 Å². The molecule has 2 aliphatic heterocycles. The Morgan fingerprint density at radius 2 is 1.08 bits per heavy atom. The molecule has 0 saturated carbocycles. The molecule has 2 aliphatic rings. The first-order valence-electron chi connectivity index (χ1n) is 8.07. The van der Waals surface area contributed by atoms with Gasteiger partial charge >= 0.3 is 11.9 Å². The summed E-state index contributed by atoms with van der Waals surface area (Å²) in [4.78, 5) is 21.0. The molecular weight excluding hydrogens is 356 g/mol. The van der Waals surface area contributed by atoms with Crippen LogP contribution in [0.5, 0.6) is 0 Å². The molecule has 10 unspecified atom stereocenters. The first-order chi connectivity index (χ1) is 11.9. The smallest absolute Gasteiger partial charge is 0.335 e. The molecular formula is C15H30O11. The van der Waals surface area contributed by atoms with E-state index in [1.165, 1.54) is 6.92 Å². The minimum absolute atomic E-state index is 0. The van der Waals surface area contributed by atoms with Crippen LogP contribution in [-0.2, 0) is 19.1 Å². The van der Waals surface area contributed by atoms with Gasteiger partial charge in [0.1, 0.15) is 12.2 Å². The lowest BCUT2D eigenvalue weighted by atomic mass is 9.89. The van der Waals surface area contributed by atoms with Gasteiger partial charge in [0.15, 0.2) is 18.5 Å². The van der Waals surface area contributed by atoms with Gasteiger partial charge in [-0.3, -0.25) is 0 Å². The summed E-state index contributed by atoms with van der Waals surface area (Å²) in [7, 11) is 0. The fourth-order valence-electron chi connectivity index (χ4n) is 2.63. The van der Waals surface area contributed by atoms with E-state index in [1.54, 1.807) is 13.8 Å². The van der Waals surface area contributed by atoms with E-state index < -0.39 is 60.8 Å². The monoisotopic (exact) mass is 386 g/mol. The van der Waals surface area contributed by atoms with Crippen LogP contribution >= 0.6 is 0 Å². The van der Waals surface area contributed by atoms with Gasteiger partial charge in [-0.05, 0) is 6.92 Å². The van der Waals surface area contributed by atoms with Crippen molar-refractivity contribution in [2.75, 3.05) is 0 Å². The predicted octanol–water partition coefficient (Wildman–Crippen LogP) is -2.15. The van der Waals surface area contributed by atoms with Crippen LogP contribution in [0.1, 0.15) is 23.6 Å². The van der Waals surface area contributed by atoms with E-state index in [2.05, 4.69) is 4.74 Å². The summed E-state index contributed by atoms with van der Waals surface area (Å²) in [5, 5.41) is 63.6. The summed E-state index contributed by atoms with van der Waals surface area (Å²) in [6, 6.07) is 0. The Morgan fingerprint density at radius 1 is 0.692 bits per heavy atom. The van der Waals surface area contributed by atoms with Crippen LogP contribution in [0.3, 0.4) is 0 Å². The zero-order valence-electron chi connectivity index (χ0n) is 14.5. The molecule has 0 bridgehead atoms. The number of rotatable bonds is 2. The molecule has 0 radical (unpaired) electrons. The van der Waals surface area contributed by atoms with Crippen LogP contribution in [-0.4, -0.2) is 96.7 Å². The summed E-state index contributed by atoms with van der Waals surface area (Å²) in [5.41, 5.74) is 0. The number of carbonyl (C=O) groups is 2. The number of ether oxygens (including phenoxy) is 2. The number of aliphatic hydroxyl groups excluding tert-OH is 5. The van der Waals surface area contributed by atoms with Crippen molar-refractivity contribution in [3.8, 4) is 0 Å². The topological polar surface area (TPSA) is 194 Å². The van der Waals surface area contributed by atoms with Gasteiger partial charge in [-0.25, -0.2) is 9.59 Å². The van der Waals surface area contributed by atoms with Crippen LogP contribution in [0.25, 0.3) is 0 Å². The van der Waals surface area contributed by atoms with Crippen molar-refractivity contribution < 1.29 is 57.7 Å². The molecule has 0 aliphatic carbocycles. The summed E-state index contributed by atoms with van der Waals surface area (Å²) >= 11 is 0. The third-order valence-corrected chi connectivity index (χ3v) is 4.72. The van der Waals surface area contributed by atoms with Crippen molar-refractivity contribution in [3.63, 3.8) is 0 Å². The minimum atomic E-state index is -1.57. The fraction of sp³-hybridized carbons (Fsp3) is 0.867. The average Bonchev–Trinajstić information content (AvgIpc) is 2.57. The molecule has 10 atom stereocenters. The van der Waals surface area contributed by atoms with Gasteiger partial charge in [-0.15, -0.1) is 0 Å². The van der Waals surface area contributed by atoms with Crippen molar-refractivity contribution in [2.45, 2.75) is 69.8 Å². The van der Waals surface area contributed by atoms with E-state index in [4.69, 9.17) is 20.1 Å². The molecule has 26 heavy (non-hydrogen) atoms. The van der Waals surface area contributed by atoms with Crippen LogP contribution in [0, 0.1) is 11.8 Å². The van der Waals surface area contributed by atoms with E-state index in [9.17, 15) is 30.0 Å². The first-order valence-corrected chi connectivity index (χ1v) is 8.07. The second-order valence-corrected chi connectivity index (χ2v) is 6.57. The second-order valence-electron chi connectivity index (χ2n) is 6.57. The largest absolute Gasteiger partial charge is 0.479 e. The number of hydrogen-bond acceptors (Lipinski definition) is 9. The number of carboxylic acid groups (broad SMARTS) is 2. The lowest BCUT2D eigenvalue weighted by Crippen LogP contribution is -2.56. The SMILES string of the molecule is CC1C(O)OC(C(=O)O)C(O)C1O.CC1OC(C(=O)O)C(O)C(O)C1C.[HH].[HH]. The van der Waals surface area contributed by atoms with Gasteiger partial charge in [-0.2, -0.15) is 0 Å². The average molecular weight is 386 g/mol. The summed E-state index contributed by atoms with van der Waals surface area (Å²) < 4.78 is 9.62. The van der Waals surface area contributed by atoms with Crippen molar-refractivity contribution >= 4 is 11.9 Å². The van der Waals surface area contributed by atoms with E-state index in [0.717, 1.165) is 0 Å². The molecule has 0 amide bonds. The first kappa shape index (κ1) is 22.7. The molecule has 2 heterocycles. The molecule has 11 heteroatoms. The van der Waals surface area contributed by atoms with Crippen molar-refractivity contribution in [2.24, 2.45) is 11.8 Å². The minimum Gasteiger partial charge on any atom is -0.479 e. The number of hydrogen-bond donors (Lipinski definition) is 7. The summed E-state index contributed by atoms with van der Waals surface area (Å²) in [5.74, 6) is -3.61. The predicted molar refractivity (Wildman–Crippen MR) is 87.1 cm³/mol.